The summed E-state index contributed by atoms with van der Waals surface area (Å²) in [7, 11) is -3.44. The van der Waals surface area contributed by atoms with Crippen molar-refractivity contribution in [3.05, 3.63) is 48.2 Å². The number of nitrogens with two attached hydrogens (primary N) is 1. The Kier molecular flexibility index (Phi) is 28.7. The summed E-state index contributed by atoms with van der Waals surface area (Å²) >= 11 is 0. The summed E-state index contributed by atoms with van der Waals surface area (Å²) in [6.45, 7) is 10.1. The predicted molar refractivity (Wildman–Crippen MR) is 260 cm³/mol. The van der Waals surface area contributed by atoms with Crippen molar-refractivity contribution in [1.29, 1.82) is 0 Å². The van der Waals surface area contributed by atoms with E-state index in [-0.39, 0.29) is 56.7 Å². The van der Waals surface area contributed by atoms with Gasteiger partial charge in [0.1, 0.15) is 36.5 Å². The third-order valence-corrected chi connectivity index (χ3v) is 11.1. The summed E-state index contributed by atoms with van der Waals surface area (Å²) in [6, 6.07) is -5.38. The number of primary amides is 1. The number of methoxy groups -OCH3 is 1. The van der Waals surface area contributed by atoms with Crippen LogP contribution in [-0.4, -0.2) is 130 Å². The van der Waals surface area contributed by atoms with Crippen molar-refractivity contribution in [2.45, 2.75) is 137 Å². The number of hydrogen-bond donors (Lipinski definition) is 10. The van der Waals surface area contributed by atoms with Crippen molar-refractivity contribution >= 4 is 63.8 Å². The van der Waals surface area contributed by atoms with Crippen molar-refractivity contribution in [3.8, 4) is 0 Å². The second-order valence-corrected chi connectivity index (χ2v) is 19.0. The smallest absolute Gasteiger partial charge is 0.361 e. The topological polar surface area (TPSA) is 358 Å². The Morgan fingerprint density at radius 3 is 2.21 bits per heavy atom. The number of esters is 2. The fourth-order valence-electron chi connectivity index (χ4n) is 6.46. The van der Waals surface area contributed by atoms with Gasteiger partial charge < -0.3 is 57.2 Å². The number of allylic oxidation sites excluding steroid dienone is 6. The van der Waals surface area contributed by atoms with Gasteiger partial charge in [0, 0.05) is 33.0 Å². The lowest BCUT2D eigenvalue weighted by Crippen LogP contribution is -2.56. The third kappa shape index (κ3) is 27.0. The van der Waals surface area contributed by atoms with Crippen LogP contribution in [0.2, 0.25) is 0 Å². The van der Waals surface area contributed by atoms with E-state index in [1.165, 1.54) is 31.8 Å². The maximum Gasteiger partial charge on any atom is 0.361 e. The maximum atomic E-state index is 14.1. The minimum Gasteiger partial charge on any atom is -0.462 e. The first-order valence-corrected chi connectivity index (χ1v) is 24.9. The Bertz CT molecular complexity index is 2060. The van der Waals surface area contributed by atoms with E-state index >= 15 is 0 Å². The molecule has 0 aromatic heterocycles. The van der Waals surface area contributed by atoms with E-state index in [9.17, 15) is 51.6 Å². The molecule has 11 N–H and O–H groups in total. The third-order valence-electron chi connectivity index (χ3n) is 10.6. The van der Waals surface area contributed by atoms with E-state index in [1.54, 1.807) is 32.9 Å². The van der Waals surface area contributed by atoms with Gasteiger partial charge in [-0.2, -0.15) is 8.42 Å². The molecule has 0 aromatic rings. The summed E-state index contributed by atoms with van der Waals surface area (Å²) in [6.07, 6.45) is 12.4. The molecule has 24 nitrogen and oxygen atoms in total. The average molecular weight is 1030 g/mol. The van der Waals surface area contributed by atoms with Crippen molar-refractivity contribution in [3.63, 3.8) is 0 Å². The molecule has 400 valence electrons. The monoisotopic (exact) mass is 1030 g/mol. The standard InChI is InChI=1S/C46H75N9O15S/c1-9-18-32-42(61)54-33(21-17-24-48-45(64)55-71(65,66)67)40(59)49-27-38(57)53-34(26-51-44(47)63)41(60)50-28-39(58)70-36(25-31(68-8)20-16-14-12-10-11-13-15-19-29(2)3)46(6,7)43(62)69-35(30(4)5)22-23-37(56)52-32/h11-14,16,18,20,29-31,33-36H,9-10,15,17,19,21-28H2,1-8H3,(H,49,59)(H,50,60)(H,52,56)(H,53,57)(H,54,61)(H3,47,51,63)(H2,48,55,64)(H,65,66,67)/b13-11-,14-12+,20-16+,32-18-/t31-,33?,34-,35-,36-/m0/s1. The summed E-state index contributed by atoms with van der Waals surface area (Å²) in [5.41, 5.74) is 3.40. The van der Waals surface area contributed by atoms with Gasteiger partial charge in [-0.15, -0.1) is 0 Å². The number of rotatable bonds is 19. The number of nitrogens with one attached hydrogen (secondary N) is 8. The zero-order chi connectivity index (χ0) is 53.7. The number of carbonyl (C=O) groups excluding carboxylic acids is 9. The van der Waals surface area contributed by atoms with Gasteiger partial charge in [-0.3, -0.25) is 38.1 Å². The SMILES string of the molecule is CC/C=C1\NC(=O)CC[C@@H](C(C)C)OC(=O)C(C)(C)[C@H](C[C@H](/C=C/C=C/C/C=C\CCC(C)C)OC)OC(=O)CNC(=O)[C@H](CNC(N)=O)NC(=O)CNC(=O)C(CCCNC(=O)NS(=O)(=O)O)NC1=O. The molecule has 25 heteroatoms. The van der Waals surface area contributed by atoms with E-state index < -0.39 is 119 Å². The molecule has 1 aliphatic heterocycles. The number of ether oxygens (including phenoxy) is 3. The van der Waals surface area contributed by atoms with Crippen LogP contribution in [-0.2, 0) is 58.1 Å². The fraction of sp³-hybridized carbons (Fsp3) is 0.630. The van der Waals surface area contributed by atoms with Gasteiger partial charge in [-0.05, 0) is 70.6 Å². The molecule has 0 bridgehead atoms. The number of cyclic esters (lactones) is 2. The van der Waals surface area contributed by atoms with Gasteiger partial charge in [0.2, 0.25) is 23.6 Å². The van der Waals surface area contributed by atoms with Crippen molar-refractivity contribution in [2.24, 2.45) is 23.0 Å². The number of amides is 9. The highest BCUT2D eigenvalue weighted by molar-refractivity contribution is 7.84. The number of urea groups is 2. The van der Waals surface area contributed by atoms with Crippen LogP contribution in [0.15, 0.2) is 48.2 Å². The Hall–Kier alpha value is -6.34. The molecule has 71 heavy (non-hydrogen) atoms. The van der Waals surface area contributed by atoms with E-state index in [2.05, 4.69) is 63.2 Å². The molecule has 1 fully saturated rings. The first-order chi connectivity index (χ1) is 33.3. The normalized spacial score (nSPS) is 22.0. The Morgan fingerprint density at radius 1 is 0.915 bits per heavy atom. The highest BCUT2D eigenvalue weighted by atomic mass is 32.2. The summed E-state index contributed by atoms with van der Waals surface area (Å²) in [4.78, 5) is 118. The molecule has 1 aliphatic rings. The molecule has 0 aromatic carbocycles. The van der Waals surface area contributed by atoms with Crippen molar-refractivity contribution < 1.29 is 70.3 Å². The Balaban J connectivity index is 3.61. The maximum absolute atomic E-state index is 14.1. The highest BCUT2D eigenvalue weighted by Gasteiger charge is 2.43. The molecule has 1 heterocycles. The lowest BCUT2D eigenvalue weighted by Gasteiger charge is -2.35. The largest absolute Gasteiger partial charge is 0.462 e. The summed E-state index contributed by atoms with van der Waals surface area (Å²) in [5.74, 6) is -6.02. The van der Waals surface area contributed by atoms with E-state index in [1.807, 2.05) is 12.2 Å². The van der Waals surface area contributed by atoms with Gasteiger partial charge in [0.05, 0.1) is 18.1 Å². The molecule has 1 saturated heterocycles. The fourth-order valence-corrected chi connectivity index (χ4v) is 6.76. The first-order valence-electron chi connectivity index (χ1n) is 23.4. The summed E-state index contributed by atoms with van der Waals surface area (Å²) in [5, 5.41) is 16.3. The zero-order valence-corrected chi connectivity index (χ0v) is 42.7. The van der Waals surface area contributed by atoms with Crippen LogP contribution in [0.1, 0.15) is 106 Å². The van der Waals surface area contributed by atoms with Crippen LogP contribution in [0, 0.1) is 17.3 Å². The average Bonchev–Trinajstić information content (AvgIpc) is 3.28. The molecule has 1 unspecified atom stereocenters. The van der Waals surface area contributed by atoms with Crippen LogP contribution >= 0.6 is 0 Å². The molecule has 0 aliphatic carbocycles. The minimum absolute atomic E-state index is 0.0114. The van der Waals surface area contributed by atoms with Crippen molar-refractivity contribution in [2.75, 3.05) is 33.3 Å². The quantitative estimate of drug-likeness (QED) is 0.0218. The lowest BCUT2D eigenvalue weighted by atomic mass is 9.83. The molecule has 0 radical (unpaired) electrons. The van der Waals surface area contributed by atoms with Gasteiger partial charge in [0.15, 0.2) is 0 Å². The van der Waals surface area contributed by atoms with Crippen LogP contribution in [0.4, 0.5) is 9.59 Å². The van der Waals surface area contributed by atoms with Crippen LogP contribution in [0.5, 0.6) is 0 Å². The first kappa shape index (κ1) is 62.7. The molecular weight excluding hydrogens is 951 g/mol. The highest BCUT2D eigenvalue weighted by Crippen LogP contribution is 2.31. The molecule has 9 amide bonds. The van der Waals surface area contributed by atoms with Gasteiger partial charge in [-0.25, -0.2) is 14.3 Å². The Labute approximate surface area is 416 Å². The number of hydrogen-bond acceptors (Lipinski definition) is 14. The summed E-state index contributed by atoms with van der Waals surface area (Å²) < 4.78 is 49.6. The molecule has 1 rings (SSSR count). The zero-order valence-electron chi connectivity index (χ0n) is 41.9. The Morgan fingerprint density at radius 2 is 1.59 bits per heavy atom. The number of carbonyl (C=O) groups is 9. The van der Waals surface area contributed by atoms with E-state index in [0.29, 0.717) is 12.3 Å². The lowest BCUT2D eigenvalue weighted by molar-refractivity contribution is -0.178. The van der Waals surface area contributed by atoms with Gasteiger partial charge >= 0.3 is 34.3 Å². The van der Waals surface area contributed by atoms with Gasteiger partial charge in [0.25, 0.3) is 5.91 Å². The molecule has 5 atom stereocenters. The second-order valence-electron chi connectivity index (χ2n) is 17.8. The van der Waals surface area contributed by atoms with Crippen LogP contribution in [0.3, 0.4) is 0 Å². The van der Waals surface area contributed by atoms with E-state index in [0.717, 1.165) is 12.8 Å². The van der Waals surface area contributed by atoms with Crippen molar-refractivity contribution in [1.82, 2.24) is 41.9 Å². The molecular formula is C46H75N9O15S. The molecule has 0 saturated carbocycles. The predicted octanol–water partition coefficient (Wildman–Crippen LogP) is 1.35. The minimum atomic E-state index is -4.88. The van der Waals surface area contributed by atoms with Crippen LogP contribution < -0.4 is 47.7 Å². The second kappa shape index (κ2) is 32.5. The van der Waals surface area contributed by atoms with Gasteiger partial charge in [-0.1, -0.05) is 77.2 Å². The van der Waals surface area contributed by atoms with E-state index in [4.69, 9.17) is 24.5 Å². The van der Waals surface area contributed by atoms with Crippen LogP contribution in [0.25, 0.3) is 0 Å². The molecule has 0 spiro atoms.